The fourth-order valence-electron chi connectivity index (χ4n) is 3.14. The van der Waals surface area contributed by atoms with E-state index in [1.807, 2.05) is 6.92 Å². The van der Waals surface area contributed by atoms with E-state index in [2.05, 4.69) is 0 Å². The second-order valence-corrected chi connectivity index (χ2v) is 8.54. The zero-order valence-electron chi connectivity index (χ0n) is 12.1. The molecular weight excluding hydrogens is 284 g/mol. The van der Waals surface area contributed by atoms with E-state index < -0.39 is 44.7 Å². The van der Waals surface area contributed by atoms with Crippen molar-refractivity contribution >= 4 is 16.1 Å². The standard InChI is InChI=1S/C13H20O6S/c1-5-12(2,3)11(14)17-10-9-8-7(20(15,16)19-9)6-13(10,4)18-8/h7-10H,5-6H2,1-4H3. The highest BCUT2D eigenvalue weighted by atomic mass is 32.2. The van der Waals surface area contributed by atoms with Gasteiger partial charge < -0.3 is 9.47 Å². The van der Waals surface area contributed by atoms with Crippen molar-refractivity contribution in [2.45, 2.75) is 69.7 Å². The van der Waals surface area contributed by atoms with Crippen LogP contribution in [0.2, 0.25) is 0 Å². The molecule has 0 aromatic heterocycles. The molecule has 5 unspecified atom stereocenters. The smallest absolute Gasteiger partial charge is 0.311 e. The Morgan fingerprint density at radius 3 is 2.65 bits per heavy atom. The quantitative estimate of drug-likeness (QED) is 0.571. The highest BCUT2D eigenvalue weighted by molar-refractivity contribution is 7.87. The number of ether oxygens (including phenoxy) is 2. The largest absolute Gasteiger partial charge is 0.456 e. The van der Waals surface area contributed by atoms with E-state index in [0.29, 0.717) is 12.8 Å². The van der Waals surface area contributed by atoms with E-state index in [-0.39, 0.29) is 5.97 Å². The van der Waals surface area contributed by atoms with Crippen molar-refractivity contribution in [1.82, 2.24) is 0 Å². The molecule has 0 spiro atoms. The molecule has 0 radical (unpaired) electrons. The first-order valence-corrected chi connectivity index (χ1v) is 8.39. The van der Waals surface area contributed by atoms with Gasteiger partial charge in [0.1, 0.15) is 23.1 Å². The van der Waals surface area contributed by atoms with Gasteiger partial charge in [0.2, 0.25) is 0 Å². The SMILES string of the molecule is CCC(C)(C)C(=O)OC1C2OS(=O)(=O)C3CC1(C)OC23. The minimum atomic E-state index is -3.60. The maximum Gasteiger partial charge on any atom is 0.311 e. The fourth-order valence-corrected chi connectivity index (χ4v) is 4.88. The van der Waals surface area contributed by atoms with Gasteiger partial charge in [-0.15, -0.1) is 0 Å². The number of rotatable bonds is 3. The van der Waals surface area contributed by atoms with Gasteiger partial charge >= 0.3 is 5.97 Å². The first kappa shape index (κ1) is 14.3. The van der Waals surface area contributed by atoms with Crippen LogP contribution >= 0.6 is 0 Å². The number of hydrogen-bond acceptors (Lipinski definition) is 6. The molecule has 3 heterocycles. The molecule has 5 atom stereocenters. The molecule has 0 saturated carbocycles. The zero-order valence-corrected chi connectivity index (χ0v) is 12.9. The first-order chi connectivity index (χ1) is 9.11. The predicted molar refractivity (Wildman–Crippen MR) is 69.4 cm³/mol. The Kier molecular flexibility index (Phi) is 2.82. The van der Waals surface area contributed by atoms with Crippen molar-refractivity contribution in [1.29, 1.82) is 0 Å². The third-order valence-electron chi connectivity index (χ3n) is 4.89. The van der Waals surface area contributed by atoms with Gasteiger partial charge in [0, 0.05) is 6.42 Å². The van der Waals surface area contributed by atoms with Crippen LogP contribution in [0.5, 0.6) is 0 Å². The first-order valence-electron chi connectivity index (χ1n) is 6.92. The van der Waals surface area contributed by atoms with Crippen molar-refractivity contribution in [3.8, 4) is 0 Å². The van der Waals surface area contributed by atoms with Crippen LogP contribution in [0.15, 0.2) is 0 Å². The summed E-state index contributed by atoms with van der Waals surface area (Å²) in [5.74, 6) is -0.341. The van der Waals surface area contributed by atoms with Gasteiger partial charge in [-0.2, -0.15) is 8.42 Å². The summed E-state index contributed by atoms with van der Waals surface area (Å²) in [4.78, 5) is 12.2. The Morgan fingerprint density at radius 1 is 1.40 bits per heavy atom. The minimum absolute atomic E-state index is 0.320. The summed E-state index contributed by atoms with van der Waals surface area (Å²) >= 11 is 0. The molecule has 3 aliphatic heterocycles. The van der Waals surface area contributed by atoms with Crippen LogP contribution in [0.25, 0.3) is 0 Å². The van der Waals surface area contributed by atoms with E-state index in [1.165, 1.54) is 0 Å². The van der Waals surface area contributed by atoms with Crippen LogP contribution in [0.4, 0.5) is 0 Å². The fraction of sp³-hybridized carbons (Fsp3) is 0.923. The van der Waals surface area contributed by atoms with Crippen LogP contribution in [0.3, 0.4) is 0 Å². The second kappa shape index (κ2) is 3.96. The van der Waals surface area contributed by atoms with Crippen molar-refractivity contribution in [3.05, 3.63) is 0 Å². The Morgan fingerprint density at radius 2 is 2.05 bits per heavy atom. The lowest BCUT2D eigenvalue weighted by atomic mass is 9.84. The zero-order chi connectivity index (χ0) is 14.9. The van der Waals surface area contributed by atoms with Crippen molar-refractivity contribution in [2.24, 2.45) is 5.41 Å². The topological polar surface area (TPSA) is 78.9 Å². The lowest BCUT2D eigenvalue weighted by Crippen LogP contribution is -2.49. The van der Waals surface area contributed by atoms with Gasteiger partial charge in [-0.1, -0.05) is 6.92 Å². The molecule has 7 heteroatoms. The number of esters is 1. The molecule has 3 saturated heterocycles. The molecule has 2 bridgehead atoms. The molecule has 3 aliphatic rings. The molecule has 114 valence electrons. The Bertz CT molecular complexity index is 553. The van der Waals surface area contributed by atoms with E-state index in [4.69, 9.17) is 13.7 Å². The van der Waals surface area contributed by atoms with Crippen LogP contribution < -0.4 is 0 Å². The lowest BCUT2D eigenvalue weighted by molar-refractivity contribution is -0.170. The average molecular weight is 304 g/mol. The summed E-state index contributed by atoms with van der Waals surface area (Å²) in [6, 6.07) is 0. The van der Waals surface area contributed by atoms with Crippen molar-refractivity contribution in [2.75, 3.05) is 0 Å². The second-order valence-electron chi connectivity index (χ2n) is 6.75. The van der Waals surface area contributed by atoms with Gasteiger partial charge in [0.05, 0.1) is 5.41 Å². The normalized spacial score (nSPS) is 44.8. The average Bonchev–Trinajstić information content (AvgIpc) is 2.88. The highest BCUT2D eigenvalue weighted by Gasteiger charge is 2.72. The number of hydrogen-bond donors (Lipinski definition) is 0. The number of carbonyl (C=O) groups is 1. The van der Waals surface area contributed by atoms with E-state index >= 15 is 0 Å². The van der Waals surface area contributed by atoms with Crippen LogP contribution in [0, 0.1) is 5.41 Å². The summed E-state index contributed by atoms with van der Waals surface area (Å²) in [7, 11) is -3.60. The third-order valence-corrected chi connectivity index (χ3v) is 6.56. The van der Waals surface area contributed by atoms with E-state index in [1.54, 1.807) is 20.8 Å². The van der Waals surface area contributed by atoms with Crippen LogP contribution in [-0.4, -0.2) is 43.5 Å². The molecule has 6 nitrogen and oxygen atoms in total. The Labute approximate surface area is 118 Å². The van der Waals surface area contributed by atoms with E-state index in [9.17, 15) is 13.2 Å². The molecule has 20 heavy (non-hydrogen) atoms. The molecule has 0 aliphatic carbocycles. The van der Waals surface area contributed by atoms with Gasteiger partial charge in [0.25, 0.3) is 10.1 Å². The maximum absolute atomic E-state index is 12.2. The minimum Gasteiger partial charge on any atom is -0.456 e. The maximum atomic E-state index is 12.2. The Hall–Kier alpha value is -0.660. The number of fused-ring (bicyclic) bond motifs is 1. The monoisotopic (exact) mass is 304 g/mol. The van der Waals surface area contributed by atoms with Gasteiger partial charge in [0.15, 0.2) is 6.10 Å². The summed E-state index contributed by atoms with van der Waals surface area (Å²) < 4.78 is 40.2. The highest BCUT2D eigenvalue weighted by Crippen LogP contribution is 2.54. The van der Waals surface area contributed by atoms with Gasteiger partial charge in [-0.25, -0.2) is 0 Å². The van der Waals surface area contributed by atoms with E-state index in [0.717, 1.165) is 0 Å². The molecule has 0 amide bonds. The van der Waals surface area contributed by atoms with Crippen LogP contribution in [-0.2, 0) is 28.6 Å². The summed E-state index contributed by atoms with van der Waals surface area (Å²) in [6.45, 7) is 7.31. The van der Waals surface area contributed by atoms with Gasteiger partial charge in [-0.05, 0) is 27.2 Å². The van der Waals surface area contributed by atoms with Crippen molar-refractivity contribution < 1.29 is 26.9 Å². The van der Waals surface area contributed by atoms with Gasteiger partial charge in [-0.3, -0.25) is 8.98 Å². The molecule has 3 fully saturated rings. The summed E-state index contributed by atoms with van der Waals surface area (Å²) in [6.07, 6.45) is -0.889. The molecule has 0 aromatic rings. The summed E-state index contributed by atoms with van der Waals surface area (Å²) in [5.41, 5.74) is -1.36. The molecular formula is C13H20O6S. The Balaban J connectivity index is 1.85. The summed E-state index contributed by atoms with van der Waals surface area (Å²) in [5, 5.41) is -0.619. The lowest BCUT2D eigenvalue weighted by Gasteiger charge is -2.32. The van der Waals surface area contributed by atoms with Crippen LogP contribution in [0.1, 0.15) is 40.5 Å². The molecule has 3 rings (SSSR count). The third kappa shape index (κ3) is 1.76. The number of carbonyl (C=O) groups excluding carboxylic acids is 1. The molecule has 0 aromatic carbocycles. The molecule has 0 N–H and O–H groups in total. The predicted octanol–water partition coefficient (Wildman–Crippen LogP) is 0.993. The van der Waals surface area contributed by atoms with Crippen molar-refractivity contribution in [3.63, 3.8) is 0 Å².